The molecule has 162 valence electrons. The third kappa shape index (κ3) is 6.03. The van der Waals surface area contributed by atoms with Crippen molar-refractivity contribution in [1.29, 1.82) is 5.26 Å². The maximum absolute atomic E-state index is 12.5. The number of amides is 1. The maximum Gasteiger partial charge on any atom is 0.266 e. The number of nitriles is 1. The molecule has 0 aliphatic carbocycles. The summed E-state index contributed by atoms with van der Waals surface area (Å²) in [6.45, 7) is 0.319. The van der Waals surface area contributed by atoms with Gasteiger partial charge in [0.15, 0.2) is 11.5 Å². The average molecular weight is 449 g/mol. The summed E-state index contributed by atoms with van der Waals surface area (Å²) in [5, 5.41) is 12.8. The molecule has 3 aromatic carbocycles. The molecule has 0 unspecified atom stereocenters. The molecule has 0 fully saturated rings. The minimum absolute atomic E-state index is 0.0459. The van der Waals surface area contributed by atoms with E-state index >= 15 is 0 Å². The molecule has 0 heterocycles. The van der Waals surface area contributed by atoms with E-state index in [-0.39, 0.29) is 5.57 Å². The van der Waals surface area contributed by atoms with Crippen LogP contribution in [0, 0.1) is 11.3 Å². The lowest BCUT2D eigenvalue weighted by atomic mass is 10.1. The number of carbonyl (C=O) groups excluding carboxylic acids is 1. The fourth-order valence-electron chi connectivity index (χ4n) is 2.87. The summed E-state index contributed by atoms with van der Waals surface area (Å²) in [5.74, 6) is 1.17. The third-order valence-electron chi connectivity index (χ3n) is 4.50. The quantitative estimate of drug-likeness (QED) is 0.364. The number of halogens is 1. The van der Waals surface area contributed by atoms with Crippen LogP contribution < -0.4 is 19.5 Å². The van der Waals surface area contributed by atoms with Crippen molar-refractivity contribution in [3.05, 3.63) is 88.5 Å². The summed E-state index contributed by atoms with van der Waals surface area (Å²) < 4.78 is 16.4. The van der Waals surface area contributed by atoms with Crippen molar-refractivity contribution < 1.29 is 19.0 Å². The number of anilines is 1. The fraction of sp³-hybridized carbons (Fsp3) is 0.120. The Morgan fingerprint density at radius 1 is 1.03 bits per heavy atom. The van der Waals surface area contributed by atoms with Crippen LogP contribution in [-0.2, 0) is 11.4 Å². The molecule has 1 amide bonds. The molecule has 0 bridgehead atoms. The van der Waals surface area contributed by atoms with Crippen LogP contribution >= 0.6 is 11.6 Å². The van der Waals surface area contributed by atoms with E-state index < -0.39 is 5.91 Å². The first-order valence-electron chi connectivity index (χ1n) is 9.65. The van der Waals surface area contributed by atoms with Crippen molar-refractivity contribution >= 4 is 29.3 Å². The molecule has 1 N–H and O–H groups in total. The Labute approximate surface area is 191 Å². The summed E-state index contributed by atoms with van der Waals surface area (Å²) in [6.07, 6.45) is 1.49. The molecule has 0 atom stereocenters. The summed E-state index contributed by atoms with van der Waals surface area (Å²) in [4.78, 5) is 12.5. The lowest BCUT2D eigenvalue weighted by Crippen LogP contribution is -2.13. The van der Waals surface area contributed by atoms with Crippen molar-refractivity contribution in [2.24, 2.45) is 0 Å². The monoisotopic (exact) mass is 448 g/mol. The van der Waals surface area contributed by atoms with E-state index in [2.05, 4.69) is 5.32 Å². The zero-order valence-corrected chi connectivity index (χ0v) is 18.3. The largest absolute Gasteiger partial charge is 0.497 e. The molecule has 7 heteroatoms. The van der Waals surface area contributed by atoms with Crippen LogP contribution in [0.2, 0.25) is 5.02 Å². The Balaban J connectivity index is 1.73. The van der Waals surface area contributed by atoms with Crippen LogP contribution in [0.4, 0.5) is 5.69 Å². The van der Waals surface area contributed by atoms with Gasteiger partial charge in [0.25, 0.3) is 5.91 Å². The number of nitrogens with one attached hydrogen (secondary N) is 1. The first kappa shape index (κ1) is 22.7. The van der Waals surface area contributed by atoms with Gasteiger partial charge in [-0.15, -0.1) is 0 Å². The zero-order valence-electron chi connectivity index (χ0n) is 17.6. The van der Waals surface area contributed by atoms with Crippen LogP contribution in [0.5, 0.6) is 17.2 Å². The fourth-order valence-corrected chi connectivity index (χ4v) is 3.08. The Bertz CT molecular complexity index is 1170. The van der Waals surface area contributed by atoms with Gasteiger partial charge in [-0.1, -0.05) is 29.8 Å². The summed E-state index contributed by atoms with van der Waals surface area (Å²) in [6, 6.07) is 21.3. The van der Waals surface area contributed by atoms with E-state index in [0.29, 0.717) is 40.1 Å². The SMILES string of the molecule is COc1ccc(NC(=O)/C(C#N)=C/c2ccc(OCc3cccc(Cl)c3)c(OC)c2)cc1. The van der Waals surface area contributed by atoms with Gasteiger partial charge >= 0.3 is 0 Å². The number of carbonyl (C=O) groups is 1. The molecule has 0 aromatic heterocycles. The second-order valence-corrected chi connectivity index (χ2v) is 7.12. The molecule has 3 aromatic rings. The Morgan fingerprint density at radius 3 is 2.47 bits per heavy atom. The molecule has 32 heavy (non-hydrogen) atoms. The first-order valence-corrected chi connectivity index (χ1v) is 10.0. The van der Waals surface area contributed by atoms with Gasteiger partial charge in [0, 0.05) is 10.7 Å². The van der Waals surface area contributed by atoms with E-state index in [9.17, 15) is 10.1 Å². The number of ether oxygens (including phenoxy) is 3. The molecule has 0 radical (unpaired) electrons. The van der Waals surface area contributed by atoms with Gasteiger partial charge in [-0.3, -0.25) is 4.79 Å². The predicted octanol–water partition coefficient (Wildman–Crippen LogP) is 5.48. The number of benzene rings is 3. The van der Waals surface area contributed by atoms with Gasteiger partial charge < -0.3 is 19.5 Å². The normalized spacial score (nSPS) is 10.8. The molecule has 0 saturated heterocycles. The topological polar surface area (TPSA) is 80.6 Å². The van der Waals surface area contributed by atoms with Gasteiger partial charge in [-0.25, -0.2) is 0 Å². The van der Waals surface area contributed by atoms with Crippen LogP contribution in [0.1, 0.15) is 11.1 Å². The van der Waals surface area contributed by atoms with Crippen molar-refractivity contribution in [3.8, 4) is 23.3 Å². The van der Waals surface area contributed by atoms with E-state index in [1.807, 2.05) is 24.3 Å². The Kier molecular flexibility index (Phi) is 7.74. The number of methoxy groups -OCH3 is 2. The molecule has 0 aliphatic heterocycles. The Morgan fingerprint density at radius 2 is 1.81 bits per heavy atom. The van der Waals surface area contributed by atoms with Crippen molar-refractivity contribution in [2.75, 3.05) is 19.5 Å². The van der Waals surface area contributed by atoms with Gasteiger partial charge in [-0.05, 0) is 65.7 Å². The number of rotatable bonds is 8. The maximum atomic E-state index is 12.5. The number of hydrogen-bond acceptors (Lipinski definition) is 5. The third-order valence-corrected chi connectivity index (χ3v) is 4.73. The van der Waals surface area contributed by atoms with Crippen LogP contribution in [0.15, 0.2) is 72.3 Å². The zero-order chi connectivity index (χ0) is 22.9. The lowest BCUT2D eigenvalue weighted by Gasteiger charge is -2.12. The molecular formula is C25H21ClN2O4. The van der Waals surface area contributed by atoms with E-state index in [1.165, 1.54) is 13.2 Å². The van der Waals surface area contributed by atoms with Crippen molar-refractivity contribution in [3.63, 3.8) is 0 Å². The molecule has 0 saturated carbocycles. The standard InChI is InChI=1S/C25H21ClN2O4/c1-30-22-9-7-21(8-10-22)28-25(29)19(15-27)12-17-6-11-23(24(14-17)31-2)32-16-18-4-3-5-20(26)13-18/h3-14H,16H2,1-2H3,(H,28,29)/b19-12+. The second kappa shape index (κ2) is 10.9. The van der Waals surface area contributed by atoms with Gasteiger partial charge in [0.1, 0.15) is 24.0 Å². The van der Waals surface area contributed by atoms with Gasteiger partial charge in [-0.2, -0.15) is 5.26 Å². The summed E-state index contributed by atoms with van der Waals surface area (Å²) >= 11 is 6.01. The molecule has 6 nitrogen and oxygen atoms in total. The highest BCUT2D eigenvalue weighted by Crippen LogP contribution is 2.30. The van der Waals surface area contributed by atoms with E-state index in [4.69, 9.17) is 25.8 Å². The van der Waals surface area contributed by atoms with Crippen LogP contribution in [-0.4, -0.2) is 20.1 Å². The summed E-state index contributed by atoms with van der Waals surface area (Å²) in [7, 11) is 3.09. The van der Waals surface area contributed by atoms with E-state index in [0.717, 1.165) is 5.56 Å². The van der Waals surface area contributed by atoms with Crippen molar-refractivity contribution in [1.82, 2.24) is 0 Å². The van der Waals surface area contributed by atoms with Crippen LogP contribution in [0.3, 0.4) is 0 Å². The molecular weight excluding hydrogens is 428 g/mol. The smallest absolute Gasteiger partial charge is 0.266 e. The van der Waals surface area contributed by atoms with Gasteiger partial charge in [0.2, 0.25) is 0 Å². The highest BCUT2D eigenvalue weighted by atomic mass is 35.5. The molecule has 0 spiro atoms. The van der Waals surface area contributed by atoms with Crippen LogP contribution in [0.25, 0.3) is 6.08 Å². The number of hydrogen-bond donors (Lipinski definition) is 1. The highest BCUT2D eigenvalue weighted by molar-refractivity contribution is 6.30. The minimum atomic E-state index is -0.516. The second-order valence-electron chi connectivity index (χ2n) is 6.68. The summed E-state index contributed by atoms with van der Waals surface area (Å²) in [5.41, 5.74) is 2.05. The minimum Gasteiger partial charge on any atom is -0.497 e. The lowest BCUT2D eigenvalue weighted by molar-refractivity contribution is -0.112. The highest BCUT2D eigenvalue weighted by Gasteiger charge is 2.12. The predicted molar refractivity (Wildman–Crippen MR) is 124 cm³/mol. The van der Waals surface area contributed by atoms with E-state index in [1.54, 1.807) is 55.6 Å². The number of nitrogens with zero attached hydrogens (tertiary/aromatic N) is 1. The van der Waals surface area contributed by atoms with Gasteiger partial charge in [0.05, 0.1) is 14.2 Å². The van der Waals surface area contributed by atoms with Crippen molar-refractivity contribution in [2.45, 2.75) is 6.61 Å². The molecule has 0 aliphatic rings. The first-order chi connectivity index (χ1) is 15.5. The Hall–Kier alpha value is -3.95. The average Bonchev–Trinajstić information content (AvgIpc) is 2.82. The molecule has 3 rings (SSSR count).